The predicted molar refractivity (Wildman–Crippen MR) is 61.3 cm³/mol. The highest BCUT2D eigenvalue weighted by atomic mass is 16.3. The van der Waals surface area contributed by atoms with Crippen molar-refractivity contribution < 1.29 is 5.11 Å². The van der Waals surface area contributed by atoms with Crippen molar-refractivity contribution in [1.82, 2.24) is 10.2 Å². The van der Waals surface area contributed by atoms with Gasteiger partial charge in [-0.3, -0.25) is 4.90 Å². The van der Waals surface area contributed by atoms with E-state index in [0.29, 0.717) is 0 Å². The Morgan fingerprint density at radius 2 is 1.79 bits per heavy atom. The predicted octanol–water partition coefficient (Wildman–Crippen LogP) is 1.43. The van der Waals surface area contributed by atoms with Crippen LogP contribution in [-0.4, -0.2) is 42.9 Å². The Labute approximate surface area is 88.5 Å². The minimum Gasteiger partial charge on any atom is -0.381 e. The third kappa shape index (κ3) is 8.48. The van der Waals surface area contributed by atoms with Gasteiger partial charge in [-0.1, -0.05) is 26.7 Å². The van der Waals surface area contributed by atoms with Crippen molar-refractivity contribution in [3.63, 3.8) is 0 Å². The molecule has 0 aliphatic carbocycles. The summed E-state index contributed by atoms with van der Waals surface area (Å²) in [5.41, 5.74) is 0. The van der Waals surface area contributed by atoms with Crippen LogP contribution in [0.15, 0.2) is 0 Å². The molecule has 0 aliphatic heterocycles. The Kier molecular flexibility index (Phi) is 10.9. The van der Waals surface area contributed by atoms with E-state index >= 15 is 0 Å². The van der Waals surface area contributed by atoms with Crippen molar-refractivity contribution in [3.05, 3.63) is 0 Å². The van der Waals surface area contributed by atoms with Crippen LogP contribution in [0.4, 0.5) is 0 Å². The lowest BCUT2D eigenvalue weighted by Crippen LogP contribution is -2.33. The van der Waals surface area contributed by atoms with Crippen molar-refractivity contribution in [2.24, 2.45) is 0 Å². The summed E-state index contributed by atoms with van der Waals surface area (Å²) in [4.78, 5) is 2.06. The Balaban J connectivity index is 3.15. The summed E-state index contributed by atoms with van der Waals surface area (Å²) in [6.45, 7) is 8.59. The molecule has 3 nitrogen and oxygen atoms in total. The van der Waals surface area contributed by atoms with Crippen LogP contribution in [0.1, 0.15) is 39.5 Å². The van der Waals surface area contributed by atoms with Gasteiger partial charge in [0.15, 0.2) is 0 Å². The standard InChI is InChI=1S/C11H26N2O/c1-3-5-6-7-12-8-10-13(11-14)9-4-2/h12,14H,3-11H2,1-2H3. The molecule has 0 spiro atoms. The normalized spacial score (nSPS) is 11.1. The SMILES string of the molecule is CCCCCNCCN(CO)CCC. The summed E-state index contributed by atoms with van der Waals surface area (Å²) >= 11 is 0. The number of hydrogen-bond acceptors (Lipinski definition) is 3. The van der Waals surface area contributed by atoms with Gasteiger partial charge in [0.05, 0.1) is 6.73 Å². The number of unbranched alkanes of at least 4 members (excludes halogenated alkanes) is 2. The minimum absolute atomic E-state index is 0.185. The first-order valence-electron chi connectivity index (χ1n) is 5.89. The summed E-state index contributed by atoms with van der Waals surface area (Å²) in [5, 5.41) is 12.4. The fourth-order valence-electron chi connectivity index (χ4n) is 1.43. The molecular formula is C11H26N2O. The van der Waals surface area contributed by atoms with Crippen LogP contribution < -0.4 is 5.32 Å². The zero-order valence-corrected chi connectivity index (χ0v) is 9.76. The fraction of sp³-hybridized carbons (Fsp3) is 1.00. The summed E-state index contributed by atoms with van der Waals surface area (Å²) in [7, 11) is 0. The third-order valence-corrected chi connectivity index (χ3v) is 2.30. The highest BCUT2D eigenvalue weighted by Crippen LogP contribution is 1.91. The first-order valence-corrected chi connectivity index (χ1v) is 5.89. The van der Waals surface area contributed by atoms with Crippen LogP contribution in [-0.2, 0) is 0 Å². The molecule has 0 aromatic carbocycles. The smallest absolute Gasteiger partial charge is 0.0956 e. The van der Waals surface area contributed by atoms with Gasteiger partial charge in [-0.2, -0.15) is 0 Å². The number of nitrogens with zero attached hydrogens (tertiary/aromatic N) is 1. The molecule has 0 radical (unpaired) electrons. The van der Waals surface area contributed by atoms with Crippen molar-refractivity contribution in [3.8, 4) is 0 Å². The van der Waals surface area contributed by atoms with Gasteiger partial charge < -0.3 is 10.4 Å². The highest BCUT2D eigenvalue weighted by Gasteiger charge is 1.99. The van der Waals surface area contributed by atoms with E-state index in [9.17, 15) is 0 Å². The minimum atomic E-state index is 0.185. The lowest BCUT2D eigenvalue weighted by atomic mass is 10.2. The topological polar surface area (TPSA) is 35.5 Å². The molecule has 0 aromatic heterocycles. The first-order chi connectivity index (χ1) is 6.85. The Bertz CT molecular complexity index is 109. The van der Waals surface area contributed by atoms with E-state index in [-0.39, 0.29) is 6.73 Å². The largest absolute Gasteiger partial charge is 0.381 e. The molecule has 0 aliphatic rings. The molecule has 3 heteroatoms. The number of nitrogens with one attached hydrogen (secondary N) is 1. The molecule has 0 saturated heterocycles. The quantitative estimate of drug-likeness (QED) is 0.415. The summed E-state index contributed by atoms with van der Waals surface area (Å²) in [6, 6.07) is 0. The molecule has 14 heavy (non-hydrogen) atoms. The van der Waals surface area contributed by atoms with E-state index in [1.807, 2.05) is 0 Å². The van der Waals surface area contributed by atoms with Gasteiger partial charge in [-0.05, 0) is 19.4 Å². The van der Waals surface area contributed by atoms with Crippen LogP contribution in [0, 0.1) is 0 Å². The summed E-state index contributed by atoms with van der Waals surface area (Å²) in [6.07, 6.45) is 4.96. The van der Waals surface area contributed by atoms with Crippen LogP contribution in [0.25, 0.3) is 0 Å². The first kappa shape index (κ1) is 13.9. The molecule has 0 rings (SSSR count). The number of aliphatic hydroxyl groups is 1. The van der Waals surface area contributed by atoms with Crippen LogP contribution in [0.3, 0.4) is 0 Å². The average Bonchev–Trinajstić information content (AvgIpc) is 2.21. The molecule has 0 bridgehead atoms. The van der Waals surface area contributed by atoms with Gasteiger partial charge in [0, 0.05) is 19.6 Å². The Hall–Kier alpha value is -0.120. The van der Waals surface area contributed by atoms with E-state index in [1.54, 1.807) is 0 Å². The maximum atomic E-state index is 9.00. The molecule has 0 saturated carbocycles. The van der Waals surface area contributed by atoms with Crippen LogP contribution >= 0.6 is 0 Å². The van der Waals surface area contributed by atoms with E-state index in [2.05, 4.69) is 24.1 Å². The molecule has 2 N–H and O–H groups in total. The summed E-state index contributed by atoms with van der Waals surface area (Å²) < 4.78 is 0. The van der Waals surface area contributed by atoms with E-state index in [0.717, 1.165) is 32.6 Å². The van der Waals surface area contributed by atoms with Crippen molar-refractivity contribution in [2.45, 2.75) is 39.5 Å². The molecule has 0 unspecified atom stereocenters. The second-order valence-corrected chi connectivity index (χ2v) is 3.72. The summed E-state index contributed by atoms with van der Waals surface area (Å²) in [5.74, 6) is 0. The maximum absolute atomic E-state index is 9.00. The average molecular weight is 202 g/mol. The number of rotatable bonds is 10. The van der Waals surface area contributed by atoms with Crippen molar-refractivity contribution in [1.29, 1.82) is 0 Å². The van der Waals surface area contributed by atoms with Crippen LogP contribution in [0.5, 0.6) is 0 Å². The molecule has 86 valence electrons. The van der Waals surface area contributed by atoms with E-state index < -0.39 is 0 Å². The van der Waals surface area contributed by atoms with Gasteiger partial charge in [-0.25, -0.2) is 0 Å². The van der Waals surface area contributed by atoms with Gasteiger partial charge in [0.1, 0.15) is 0 Å². The number of aliphatic hydroxyl groups excluding tert-OH is 1. The molecule has 0 amide bonds. The molecule has 0 aromatic rings. The second kappa shape index (κ2) is 11.0. The third-order valence-electron chi connectivity index (χ3n) is 2.30. The van der Waals surface area contributed by atoms with Gasteiger partial charge in [0.25, 0.3) is 0 Å². The molecule has 0 atom stereocenters. The lowest BCUT2D eigenvalue weighted by Gasteiger charge is -2.18. The van der Waals surface area contributed by atoms with Crippen LogP contribution in [0.2, 0.25) is 0 Å². The van der Waals surface area contributed by atoms with E-state index in [1.165, 1.54) is 19.3 Å². The van der Waals surface area contributed by atoms with Gasteiger partial charge in [0.2, 0.25) is 0 Å². The molecule has 0 heterocycles. The Morgan fingerprint density at radius 1 is 1.00 bits per heavy atom. The Morgan fingerprint density at radius 3 is 2.36 bits per heavy atom. The van der Waals surface area contributed by atoms with Gasteiger partial charge >= 0.3 is 0 Å². The van der Waals surface area contributed by atoms with Gasteiger partial charge in [-0.15, -0.1) is 0 Å². The van der Waals surface area contributed by atoms with Crippen molar-refractivity contribution >= 4 is 0 Å². The fourth-order valence-corrected chi connectivity index (χ4v) is 1.43. The molecule has 0 fully saturated rings. The second-order valence-electron chi connectivity index (χ2n) is 3.72. The zero-order valence-electron chi connectivity index (χ0n) is 9.76. The monoisotopic (exact) mass is 202 g/mol. The maximum Gasteiger partial charge on any atom is 0.0956 e. The molecular weight excluding hydrogens is 176 g/mol. The zero-order chi connectivity index (χ0) is 10.6. The lowest BCUT2D eigenvalue weighted by molar-refractivity contribution is 0.108. The number of hydrogen-bond donors (Lipinski definition) is 2. The van der Waals surface area contributed by atoms with Crippen molar-refractivity contribution in [2.75, 3.05) is 32.9 Å². The highest BCUT2D eigenvalue weighted by molar-refractivity contribution is 4.55. The van der Waals surface area contributed by atoms with E-state index in [4.69, 9.17) is 5.11 Å².